The molecule has 0 amide bonds. The van der Waals surface area contributed by atoms with Crippen LogP contribution in [0.2, 0.25) is 0 Å². The zero-order valence-electron chi connectivity index (χ0n) is 14.2. The predicted molar refractivity (Wildman–Crippen MR) is 109 cm³/mol. The van der Waals surface area contributed by atoms with Crippen LogP contribution in [0, 0.1) is 0 Å². The van der Waals surface area contributed by atoms with E-state index in [2.05, 4.69) is 15.7 Å². The Bertz CT molecular complexity index is 1040. The Labute approximate surface area is 159 Å². The van der Waals surface area contributed by atoms with Crippen molar-refractivity contribution in [1.82, 2.24) is 9.66 Å². The lowest BCUT2D eigenvalue weighted by Crippen LogP contribution is -2.35. The van der Waals surface area contributed by atoms with Crippen LogP contribution in [0.4, 0.5) is 5.69 Å². The number of aromatic nitrogens is 2. The lowest BCUT2D eigenvalue weighted by molar-refractivity contribution is 0.417. The van der Waals surface area contributed by atoms with Crippen molar-refractivity contribution >= 4 is 44.6 Å². The number of hydrogen-bond acceptors (Lipinski definition) is 5. The maximum atomic E-state index is 12.9. The van der Waals surface area contributed by atoms with Gasteiger partial charge < -0.3 is 10.1 Å². The van der Waals surface area contributed by atoms with Gasteiger partial charge in [-0.15, -0.1) is 11.3 Å². The van der Waals surface area contributed by atoms with Crippen LogP contribution < -0.4 is 21.0 Å². The average Bonchev–Trinajstić information content (AvgIpc) is 3.04. The molecule has 1 aromatic carbocycles. The second-order valence-corrected chi connectivity index (χ2v) is 7.57. The number of benzene rings is 1. The van der Waals surface area contributed by atoms with Crippen LogP contribution in [-0.4, -0.2) is 21.9 Å². The van der Waals surface area contributed by atoms with Gasteiger partial charge in [0.15, 0.2) is 5.11 Å². The number of ether oxygens (including phenoxy) is 1. The molecular formula is C18H18N4O2S2. The molecule has 6 nitrogen and oxygen atoms in total. The van der Waals surface area contributed by atoms with Crippen molar-refractivity contribution in [3.8, 4) is 5.75 Å². The molecule has 0 aliphatic heterocycles. The van der Waals surface area contributed by atoms with Crippen LogP contribution in [0.25, 0.3) is 10.2 Å². The van der Waals surface area contributed by atoms with Crippen LogP contribution in [0.15, 0.2) is 35.4 Å². The number of fused-ring (bicyclic) bond motifs is 3. The Hall–Kier alpha value is -2.45. The second kappa shape index (κ2) is 7.05. The summed E-state index contributed by atoms with van der Waals surface area (Å²) < 4.78 is 6.64. The molecule has 26 heavy (non-hydrogen) atoms. The Morgan fingerprint density at radius 2 is 2.12 bits per heavy atom. The minimum atomic E-state index is -0.112. The third-order valence-electron chi connectivity index (χ3n) is 4.45. The van der Waals surface area contributed by atoms with Crippen LogP contribution in [0.5, 0.6) is 5.75 Å². The van der Waals surface area contributed by atoms with Crippen molar-refractivity contribution < 1.29 is 4.74 Å². The van der Waals surface area contributed by atoms with Gasteiger partial charge in [-0.2, -0.15) is 0 Å². The molecule has 0 fully saturated rings. The van der Waals surface area contributed by atoms with E-state index in [9.17, 15) is 4.79 Å². The van der Waals surface area contributed by atoms with E-state index in [1.54, 1.807) is 18.4 Å². The maximum absolute atomic E-state index is 12.9. The fourth-order valence-electron chi connectivity index (χ4n) is 3.23. The summed E-state index contributed by atoms with van der Waals surface area (Å²) in [6.07, 6.45) is 5.77. The summed E-state index contributed by atoms with van der Waals surface area (Å²) in [7, 11) is 1.60. The highest BCUT2D eigenvalue weighted by molar-refractivity contribution is 7.80. The van der Waals surface area contributed by atoms with Crippen LogP contribution in [0.3, 0.4) is 0 Å². The maximum Gasteiger partial charge on any atom is 0.281 e. The molecular weight excluding hydrogens is 368 g/mol. The summed E-state index contributed by atoms with van der Waals surface area (Å²) in [4.78, 5) is 19.5. The van der Waals surface area contributed by atoms with Gasteiger partial charge >= 0.3 is 0 Å². The van der Waals surface area contributed by atoms with E-state index < -0.39 is 0 Å². The average molecular weight is 387 g/mol. The molecule has 0 atom stereocenters. The molecule has 134 valence electrons. The quantitative estimate of drug-likeness (QED) is 0.674. The summed E-state index contributed by atoms with van der Waals surface area (Å²) in [5.41, 5.74) is 4.68. The SMILES string of the molecule is COc1ccccc1NC(=S)Nn1cnc2sc3c(c2c1=O)CCCC3. The van der Waals surface area contributed by atoms with Gasteiger partial charge in [0.1, 0.15) is 16.9 Å². The van der Waals surface area contributed by atoms with Crippen molar-refractivity contribution in [3.05, 3.63) is 51.4 Å². The largest absolute Gasteiger partial charge is 0.495 e. The molecule has 1 aliphatic rings. The molecule has 8 heteroatoms. The molecule has 4 rings (SSSR count). The number of methoxy groups -OCH3 is 1. The Morgan fingerprint density at radius 1 is 1.31 bits per heavy atom. The van der Waals surface area contributed by atoms with Gasteiger partial charge in [0, 0.05) is 4.88 Å². The van der Waals surface area contributed by atoms with E-state index in [1.807, 2.05) is 24.3 Å². The molecule has 0 saturated heterocycles. The van der Waals surface area contributed by atoms with Crippen LogP contribution >= 0.6 is 23.6 Å². The zero-order chi connectivity index (χ0) is 18.1. The number of para-hydroxylation sites is 2. The summed E-state index contributed by atoms with van der Waals surface area (Å²) in [5, 5.41) is 4.07. The van der Waals surface area contributed by atoms with Crippen molar-refractivity contribution in [2.75, 3.05) is 17.9 Å². The van der Waals surface area contributed by atoms with E-state index in [1.165, 1.54) is 22.3 Å². The van der Waals surface area contributed by atoms with Crippen LogP contribution in [0.1, 0.15) is 23.3 Å². The fraction of sp³-hybridized carbons (Fsp3) is 0.278. The highest BCUT2D eigenvalue weighted by atomic mass is 32.1. The monoisotopic (exact) mass is 386 g/mol. The molecule has 0 radical (unpaired) electrons. The van der Waals surface area contributed by atoms with Gasteiger partial charge in [0.05, 0.1) is 18.2 Å². The zero-order valence-corrected chi connectivity index (χ0v) is 15.9. The van der Waals surface area contributed by atoms with Gasteiger partial charge in [-0.3, -0.25) is 10.2 Å². The number of thiophene rings is 1. The molecule has 2 heterocycles. The lowest BCUT2D eigenvalue weighted by atomic mass is 9.97. The molecule has 0 spiro atoms. The van der Waals surface area contributed by atoms with Crippen molar-refractivity contribution in [2.45, 2.75) is 25.7 Å². The van der Waals surface area contributed by atoms with E-state index in [4.69, 9.17) is 17.0 Å². The summed E-state index contributed by atoms with van der Waals surface area (Å²) in [6.45, 7) is 0. The van der Waals surface area contributed by atoms with Crippen molar-refractivity contribution in [3.63, 3.8) is 0 Å². The first-order valence-corrected chi connectivity index (χ1v) is 9.63. The number of aryl methyl sites for hydroxylation is 2. The highest BCUT2D eigenvalue weighted by Gasteiger charge is 2.20. The molecule has 2 N–H and O–H groups in total. The Morgan fingerprint density at radius 3 is 2.96 bits per heavy atom. The first kappa shape index (κ1) is 17.0. The molecule has 0 saturated carbocycles. The van der Waals surface area contributed by atoms with Gasteiger partial charge in [0.2, 0.25) is 0 Å². The van der Waals surface area contributed by atoms with Crippen LogP contribution in [-0.2, 0) is 12.8 Å². The third kappa shape index (κ3) is 3.06. The van der Waals surface area contributed by atoms with Crippen molar-refractivity contribution in [1.29, 1.82) is 0 Å². The Kier molecular flexibility index (Phi) is 4.60. The molecule has 1 aliphatic carbocycles. The fourth-order valence-corrected chi connectivity index (χ4v) is 4.66. The third-order valence-corrected chi connectivity index (χ3v) is 5.85. The highest BCUT2D eigenvalue weighted by Crippen LogP contribution is 2.33. The number of nitrogens with zero attached hydrogens (tertiary/aromatic N) is 2. The van der Waals surface area contributed by atoms with E-state index >= 15 is 0 Å². The number of rotatable bonds is 3. The number of hydrogen-bond donors (Lipinski definition) is 2. The summed E-state index contributed by atoms with van der Waals surface area (Å²) in [5.74, 6) is 0.671. The molecule has 2 aromatic heterocycles. The molecule has 0 bridgehead atoms. The summed E-state index contributed by atoms with van der Waals surface area (Å²) >= 11 is 6.98. The number of thiocarbonyl (C=S) groups is 1. The molecule has 0 unspecified atom stereocenters. The second-order valence-electron chi connectivity index (χ2n) is 6.08. The van der Waals surface area contributed by atoms with E-state index in [-0.39, 0.29) is 5.56 Å². The summed E-state index contributed by atoms with van der Waals surface area (Å²) in [6, 6.07) is 7.45. The van der Waals surface area contributed by atoms with Crippen molar-refractivity contribution in [2.24, 2.45) is 0 Å². The Balaban J connectivity index is 1.62. The van der Waals surface area contributed by atoms with Gasteiger partial charge in [-0.05, 0) is 55.6 Å². The topological polar surface area (TPSA) is 68.2 Å². The van der Waals surface area contributed by atoms with Gasteiger partial charge in [0.25, 0.3) is 5.56 Å². The first-order chi connectivity index (χ1) is 12.7. The smallest absolute Gasteiger partial charge is 0.281 e. The standard InChI is InChI=1S/C18H18N4O2S2/c1-24-13-8-4-3-7-12(13)20-18(25)21-22-10-19-16-15(17(22)23)11-6-2-5-9-14(11)26-16/h3-4,7-8,10H,2,5-6,9H2,1H3,(H2,20,21,25). The lowest BCUT2D eigenvalue weighted by Gasteiger charge is -2.14. The number of anilines is 1. The predicted octanol–water partition coefficient (Wildman–Crippen LogP) is 3.29. The molecule has 3 aromatic rings. The van der Waals surface area contributed by atoms with E-state index in [0.717, 1.165) is 40.7 Å². The van der Waals surface area contributed by atoms with E-state index in [0.29, 0.717) is 10.9 Å². The van der Waals surface area contributed by atoms with Gasteiger partial charge in [-0.25, -0.2) is 9.66 Å². The number of nitrogens with one attached hydrogen (secondary N) is 2. The minimum absolute atomic E-state index is 0.112. The first-order valence-electron chi connectivity index (χ1n) is 8.40. The minimum Gasteiger partial charge on any atom is -0.495 e. The van der Waals surface area contributed by atoms with Gasteiger partial charge in [-0.1, -0.05) is 12.1 Å². The normalized spacial score (nSPS) is 13.3.